The van der Waals surface area contributed by atoms with E-state index >= 15 is 0 Å². The van der Waals surface area contributed by atoms with Crippen LogP contribution in [0.3, 0.4) is 0 Å². The molecule has 0 fully saturated rings. The molecule has 0 aliphatic heterocycles. The molecule has 16 heavy (non-hydrogen) atoms. The second kappa shape index (κ2) is 10.9. The minimum Gasteiger partial charge on any atom is -0.232 e. The fourth-order valence-electron chi connectivity index (χ4n) is 1.02. The van der Waals surface area contributed by atoms with E-state index in [0.717, 1.165) is 12.8 Å². The smallest absolute Gasteiger partial charge is 0.100 e. The van der Waals surface area contributed by atoms with E-state index in [-0.39, 0.29) is 0 Å². The van der Waals surface area contributed by atoms with E-state index in [1.54, 1.807) is 0 Å². The van der Waals surface area contributed by atoms with E-state index in [2.05, 4.69) is 39.8 Å². The normalized spacial score (nSPS) is 16.0. The van der Waals surface area contributed by atoms with Gasteiger partial charge in [0.1, 0.15) is 13.2 Å². The Kier molecular flexibility index (Phi) is 10.5. The first-order valence-electron chi connectivity index (χ1n) is 6.28. The van der Waals surface area contributed by atoms with Crippen LogP contribution in [0.4, 0.5) is 0 Å². The van der Waals surface area contributed by atoms with Crippen LogP contribution in [-0.2, 0) is 9.78 Å². The van der Waals surface area contributed by atoms with Gasteiger partial charge >= 0.3 is 0 Å². The summed E-state index contributed by atoms with van der Waals surface area (Å²) in [5.74, 6) is 1.24. The Balaban J connectivity index is 3.34. The van der Waals surface area contributed by atoms with Gasteiger partial charge in [0.25, 0.3) is 0 Å². The van der Waals surface area contributed by atoms with E-state index in [0.29, 0.717) is 25.0 Å². The molecule has 0 bridgehead atoms. The highest BCUT2D eigenvalue weighted by atomic mass is 17.2. The molecule has 0 saturated heterocycles. The number of rotatable bonds is 9. The molecule has 0 aliphatic carbocycles. The average molecular weight is 226 g/mol. The van der Waals surface area contributed by atoms with Crippen molar-refractivity contribution in [1.29, 1.82) is 0 Å². The third kappa shape index (κ3) is 9.94. The zero-order valence-corrected chi connectivity index (χ0v) is 11.1. The molecular weight excluding hydrogens is 200 g/mol. The van der Waals surface area contributed by atoms with Crippen LogP contribution in [0.2, 0.25) is 0 Å². The highest BCUT2D eigenvalue weighted by Crippen LogP contribution is 2.02. The highest BCUT2D eigenvalue weighted by Gasteiger charge is 1.91. The zero-order valence-electron chi connectivity index (χ0n) is 11.1. The largest absolute Gasteiger partial charge is 0.232 e. The standard InChI is InChI=1S/C14H26O2/c1-5-13(3)9-7-11-15-16-12-8-10-14(4)6-2/h7-10,13-14H,5-6,11-12H2,1-4H3. The summed E-state index contributed by atoms with van der Waals surface area (Å²) in [7, 11) is 0. The molecule has 0 rings (SSSR count). The monoisotopic (exact) mass is 226 g/mol. The van der Waals surface area contributed by atoms with Crippen LogP contribution in [0, 0.1) is 11.8 Å². The first-order chi connectivity index (χ1) is 7.70. The highest BCUT2D eigenvalue weighted by molar-refractivity contribution is 4.86. The third-order valence-corrected chi connectivity index (χ3v) is 2.63. The molecule has 0 saturated carbocycles. The lowest BCUT2D eigenvalue weighted by Crippen LogP contribution is -1.96. The Morgan fingerprint density at radius 1 is 0.812 bits per heavy atom. The van der Waals surface area contributed by atoms with E-state index < -0.39 is 0 Å². The zero-order chi connectivity index (χ0) is 12.2. The van der Waals surface area contributed by atoms with E-state index in [9.17, 15) is 0 Å². The molecule has 0 aliphatic rings. The summed E-state index contributed by atoms with van der Waals surface area (Å²) in [5.41, 5.74) is 0. The first kappa shape index (κ1) is 15.4. The molecule has 2 unspecified atom stereocenters. The minimum absolute atomic E-state index is 0.529. The van der Waals surface area contributed by atoms with Crippen molar-refractivity contribution in [3.05, 3.63) is 24.3 Å². The van der Waals surface area contributed by atoms with Crippen LogP contribution in [0.15, 0.2) is 24.3 Å². The van der Waals surface area contributed by atoms with Gasteiger partial charge < -0.3 is 0 Å². The van der Waals surface area contributed by atoms with Gasteiger partial charge in [0, 0.05) is 0 Å². The fraction of sp³-hybridized carbons (Fsp3) is 0.714. The van der Waals surface area contributed by atoms with Gasteiger partial charge in [-0.25, -0.2) is 9.78 Å². The van der Waals surface area contributed by atoms with Gasteiger partial charge in [0.15, 0.2) is 0 Å². The van der Waals surface area contributed by atoms with Gasteiger partial charge in [-0.15, -0.1) is 0 Å². The fourth-order valence-corrected chi connectivity index (χ4v) is 1.02. The number of hydrogen-bond donors (Lipinski definition) is 0. The summed E-state index contributed by atoms with van der Waals surface area (Å²) in [6, 6.07) is 0. The van der Waals surface area contributed by atoms with Crippen molar-refractivity contribution >= 4 is 0 Å². The van der Waals surface area contributed by atoms with Crippen LogP contribution in [0.25, 0.3) is 0 Å². The third-order valence-electron chi connectivity index (χ3n) is 2.63. The van der Waals surface area contributed by atoms with Gasteiger partial charge in [0.05, 0.1) is 0 Å². The second-order valence-electron chi connectivity index (χ2n) is 4.20. The molecule has 0 heterocycles. The lowest BCUT2D eigenvalue weighted by atomic mass is 10.1. The van der Waals surface area contributed by atoms with Crippen molar-refractivity contribution in [1.82, 2.24) is 0 Å². The Morgan fingerprint density at radius 2 is 1.19 bits per heavy atom. The molecule has 0 aromatic carbocycles. The van der Waals surface area contributed by atoms with Crippen molar-refractivity contribution in [3.63, 3.8) is 0 Å². The second-order valence-corrected chi connectivity index (χ2v) is 4.20. The number of allylic oxidation sites excluding steroid dienone is 2. The van der Waals surface area contributed by atoms with Crippen LogP contribution < -0.4 is 0 Å². The first-order valence-corrected chi connectivity index (χ1v) is 6.28. The van der Waals surface area contributed by atoms with E-state index in [1.807, 2.05) is 12.2 Å². The van der Waals surface area contributed by atoms with Crippen molar-refractivity contribution in [2.75, 3.05) is 13.2 Å². The van der Waals surface area contributed by atoms with Crippen LogP contribution in [-0.4, -0.2) is 13.2 Å². The lowest BCUT2D eigenvalue weighted by molar-refractivity contribution is -0.277. The summed E-state index contributed by atoms with van der Waals surface area (Å²) >= 11 is 0. The summed E-state index contributed by atoms with van der Waals surface area (Å²) < 4.78 is 0. The quantitative estimate of drug-likeness (QED) is 0.254. The maximum atomic E-state index is 5.01. The maximum Gasteiger partial charge on any atom is 0.100 e. The molecule has 2 atom stereocenters. The molecule has 0 aromatic rings. The topological polar surface area (TPSA) is 18.5 Å². The van der Waals surface area contributed by atoms with E-state index in [4.69, 9.17) is 9.78 Å². The van der Waals surface area contributed by atoms with E-state index in [1.165, 1.54) is 0 Å². The molecule has 94 valence electrons. The lowest BCUT2D eigenvalue weighted by Gasteiger charge is -2.01. The average Bonchev–Trinajstić information content (AvgIpc) is 2.31. The van der Waals surface area contributed by atoms with Crippen LogP contribution >= 0.6 is 0 Å². The Bertz CT molecular complexity index is 175. The van der Waals surface area contributed by atoms with Crippen molar-refractivity contribution in [2.24, 2.45) is 11.8 Å². The van der Waals surface area contributed by atoms with Crippen molar-refractivity contribution in [2.45, 2.75) is 40.5 Å². The summed E-state index contributed by atoms with van der Waals surface area (Å²) in [5, 5.41) is 0. The molecule has 0 N–H and O–H groups in total. The minimum atomic E-state index is 0.529. The molecular formula is C14H26O2. The summed E-state index contributed by atoms with van der Waals surface area (Å²) in [4.78, 5) is 10.0. The Labute approximate surface area is 100 Å². The molecule has 2 heteroatoms. The Morgan fingerprint density at radius 3 is 1.50 bits per heavy atom. The van der Waals surface area contributed by atoms with Gasteiger partial charge in [-0.3, -0.25) is 0 Å². The SMILES string of the molecule is CCC(C)C=CCOOCC=CC(C)CC. The molecule has 0 spiro atoms. The molecule has 2 nitrogen and oxygen atoms in total. The van der Waals surface area contributed by atoms with Crippen molar-refractivity contribution < 1.29 is 9.78 Å². The summed E-state index contributed by atoms with van der Waals surface area (Å²) in [6.07, 6.45) is 10.6. The molecule has 0 amide bonds. The Hall–Kier alpha value is -0.600. The summed E-state index contributed by atoms with van der Waals surface area (Å²) in [6.45, 7) is 9.78. The predicted octanol–water partition coefficient (Wildman–Crippen LogP) is 4.14. The predicted molar refractivity (Wildman–Crippen MR) is 69.1 cm³/mol. The maximum absolute atomic E-state index is 5.01. The number of hydrogen-bond acceptors (Lipinski definition) is 2. The van der Waals surface area contributed by atoms with Gasteiger partial charge in [-0.05, 0) is 11.8 Å². The molecule has 0 radical (unpaired) electrons. The van der Waals surface area contributed by atoms with Crippen LogP contribution in [0.1, 0.15) is 40.5 Å². The molecule has 0 aromatic heterocycles. The van der Waals surface area contributed by atoms with Gasteiger partial charge in [-0.2, -0.15) is 0 Å². The van der Waals surface area contributed by atoms with Crippen LogP contribution in [0.5, 0.6) is 0 Å². The van der Waals surface area contributed by atoms with Gasteiger partial charge in [-0.1, -0.05) is 64.8 Å². The van der Waals surface area contributed by atoms with Crippen molar-refractivity contribution in [3.8, 4) is 0 Å². The van der Waals surface area contributed by atoms with Gasteiger partial charge in [0.2, 0.25) is 0 Å².